The minimum atomic E-state index is 0.391. The molecule has 2 saturated heterocycles. The lowest BCUT2D eigenvalue weighted by Gasteiger charge is -2.30. The van der Waals surface area contributed by atoms with Gasteiger partial charge in [-0.3, -0.25) is 0 Å². The van der Waals surface area contributed by atoms with Crippen LogP contribution in [0.4, 0.5) is 0 Å². The van der Waals surface area contributed by atoms with Gasteiger partial charge in [-0.15, -0.1) is 0 Å². The zero-order chi connectivity index (χ0) is 7.84. The normalized spacial score (nSPS) is 45.8. The van der Waals surface area contributed by atoms with Crippen molar-refractivity contribution < 1.29 is 4.74 Å². The van der Waals surface area contributed by atoms with Crippen molar-refractivity contribution in [3.05, 3.63) is 0 Å². The van der Waals surface area contributed by atoms with Crippen LogP contribution in [0.15, 0.2) is 0 Å². The summed E-state index contributed by atoms with van der Waals surface area (Å²) in [6.45, 7) is 5.36. The monoisotopic (exact) mass is 156 g/mol. The van der Waals surface area contributed by atoms with Gasteiger partial charge in [0.25, 0.3) is 0 Å². The predicted octanol–water partition coefficient (Wildman–Crippen LogP) is -0.323. The van der Waals surface area contributed by atoms with Gasteiger partial charge in [-0.1, -0.05) is 0 Å². The van der Waals surface area contributed by atoms with Crippen LogP contribution in [0, 0.1) is 0 Å². The summed E-state index contributed by atoms with van der Waals surface area (Å²) in [5, 5.41) is 3.49. The van der Waals surface area contributed by atoms with Crippen LogP contribution in [-0.2, 0) is 4.74 Å². The quantitative estimate of drug-likeness (QED) is 0.520. The molecule has 0 spiro atoms. The van der Waals surface area contributed by atoms with Crippen molar-refractivity contribution in [3.8, 4) is 0 Å². The average molecular weight is 156 g/mol. The Labute approximate surface area is 67.7 Å². The second-order valence-electron chi connectivity index (χ2n) is 3.72. The number of hydrogen-bond donors (Lipinski definition) is 1. The van der Waals surface area contributed by atoms with E-state index in [4.69, 9.17) is 4.74 Å². The first-order chi connectivity index (χ1) is 5.25. The number of hydrogen-bond acceptors (Lipinski definition) is 3. The van der Waals surface area contributed by atoms with Gasteiger partial charge in [0.15, 0.2) is 0 Å². The highest BCUT2D eigenvalue weighted by Crippen LogP contribution is 2.17. The second kappa shape index (κ2) is 2.73. The topological polar surface area (TPSA) is 24.5 Å². The number of likely N-dealkylation sites (tertiary alicyclic amines) is 1. The van der Waals surface area contributed by atoms with E-state index < -0.39 is 0 Å². The molecule has 0 bridgehead atoms. The highest BCUT2D eigenvalue weighted by molar-refractivity contribution is 4.92. The first-order valence-electron chi connectivity index (χ1n) is 4.33. The van der Waals surface area contributed by atoms with Crippen LogP contribution < -0.4 is 5.32 Å². The van der Waals surface area contributed by atoms with E-state index in [1.54, 1.807) is 0 Å². The fourth-order valence-corrected chi connectivity index (χ4v) is 1.96. The third kappa shape index (κ3) is 1.41. The van der Waals surface area contributed by atoms with E-state index >= 15 is 0 Å². The van der Waals surface area contributed by atoms with Crippen molar-refractivity contribution >= 4 is 0 Å². The Hall–Kier alpha value is -0.120. The zero-order valence-electron chi connectivity index (χ0n) is 7.21. The van der Waals surface area contributed by atoms with Gasteiger partial charge < -0.3 is 15.0 Å². The molecule has 2 aliphatic heterocycles. The van der Waals surface area contributed by atoms with Gasteiger partial charge in [0, 0.05) is 25.7 Å². The van der Waals surface area contributed by atoms with Crippen LogP contribution in [0.1, 0.15) is 6.92 Å². The number of likely N-dealkylation sites (N-methyl/N-ethyl adjacent to an activating group) is 1. The highest BCUT2D eigenvalue weighted by Gasteiger charge is 2.35. The van der Waals surface area contributed by atoms with Crippen molar-refractivity contribution in [2.24, 2.45) is 0 Å². The molecule has 0 radical (unpaired) electrons. The third-order valence-corrected chi connectivity index (χ3v) is 2.52. The van der Waals surface area contributed by atoms with Gasteiger partial charge in [0.1, 0.15) is 0 Å². The average Bonchev–Trinajstić information content (AvgIpc) is 2.27. The fourth-order valence-electron chi connectivity index (χ4n) is 1.96. The largest absolute Gasteiger partial charge is 0.371 e. The molecule has 0 aliphatic carbocycles. The molecule has 11 heavy (non-hydrogen) atoms. The minimum absolute atomic E-state index is 0.391. The Morgan fingerprint density at radius 3 is 3.09 bits per heavy atom. The van der Waals surface area contributed by atoms with Gasteiger partial charge in [0.2, 0.25) is 0 Å². The summed E-state index contributed by atoms with van der Waals surface area (Å²) in [5.74, 6) is 0. The third-order valence-electron chi connectivity index (χ3n) is 2.52. The van der Waals surface area contributed by atoms with E-state index in [1.165, 1.54) is 0 Å². The molecule has 2 unspecified atom stereocenters. The maximum Gasteiger partial charge on any atom is 0.0871 e. The molecule has 3 heteroatoms. The number of morpholine rings is 1. The maximum atomic E-state index is 5.78. The van der Waals surface area contributed by atoms with Gasteiger partial charge in [-0.05, 0) is 14.0 Å². The summed E-state index contributed by atoms with van der Waals surface area (Å²) >= 11 is 0. The van der Waals surface area contributed by atoms with Crippen molar-refractivity contribution in [1.29, 1.82) is 0 Å². The standard InChI is InChI=1S/C8H16N2O/c1-6-3-9-7-4-10(2)5-8(7)11-6/h6-9H,3-5H2,1-2H3/t6?,7?,8-/m1/s1. The molecule has 2 rings (SSSR count). The van der Waals surface area contributed by atoms with Gasteiger partial charge >= 0.3 is 0 Å². The summed E-state index contributed by atoms with van der Waals surface area (Å²) in [5.41, 5.74) is 0. The predicted molar refractivity (Wildman–Crippen MR) is 43.6 cm³/mol. The summed E-state index contributed by atoms with van der Waals surface area (Å²) in [6, 6.07) is 0.580. The lowest BCUT2D eigenvalue weighted by atomic mass is 10.1. The van der Waals surface area contributed by atoms with E-state index in [1.807, 2.05) is 0 Å². The van der Waals surface area contributed by atoms with Crippen molar-refractivity contribution in [2.75, 3.05) is 26.7 Å². The zero-order valence-corrected chi connectivity index (χ0v) is 7.21. The minimum Gasteiger partial charge on any atom is -0.371 e. The van der Waals surface area contributed by atoms with E-state index in [2.05, 4.69) is 24.2 Å². The van der Waals surface area contributed by atoms with Crippen LogP contribution in [0.25, 0.3) is 0 Å². The van der Waals surface area contributed by atoms with Crippen molar-refractivity contribution in [3.63, 3.8) is 0 Å². The molecule has 64 valence electrons. The highest BCUT2D eigenvalue weighted by atomic mass is 16.5. The van der Waals surface area contributed by atoms with Crippen LogP contribution in [0.2, 0.25) is 0 Å². The molecular formula is C8H16N2O. The molecule has 3 nitrogen and oxygen atoms in total. The lowest BCUT2D eigenvalue weighted by Crippen LogP contribution is -2.50. The molecule has 0 aromatic heterocycles. The van der Waals surface area contributed by atoms with Crippen molar-refractivity contribution in [1.82, 2.24) is 10.2 Å². The van der Waals surface area contributed by atoms with E-state index in [9.17, 15) is 0 Å². The maximum absolute atomic E-state index is 5.78. The van der Waals surface area contributed by atoms with Gasteiger partial charge in [-0.25, -0.2) is 0 Å². The number of nitrogens with zero attached hydrogens (tertiary/aromatic N) is 1. The lowest BCUT2D eigenvalue weighted by molar-refractivity contribution is -0.0353. The molecule has 0 aromatic rings. The Morgan fingerprint density at radius 2 is 2.27 bits per heavy atom. The first-order valence-corrected chi connectivity index (χ1v) is 4.33. The van der Waals surface area contributed by atoms with E-state index in [-0.39, 0.29) is 0 Å². The Bertz CT molecular complexity index is 151. The number of rotatable bonds is 0. The van der Waals surface area contributed by atoms with E-state index in [0.29, 0.717) is 18.2 Å². The Balaban J connectivity index is 1.97. The molecule has 0 saturated carbocycles. The molecule has 2 aliphatic rings. The molecule has 3 atom stereocenters. The second-order valence-corrected chi connectivity index (χ2v) is 3.72. The molecule has 0 amide bonds. The van der Waals surface area contributed by atoms with Gasteiger partial charge in [0.05, 0.1) is 12.2 Å². The van der Waals surface area contributed by atoms with E-state index in [0.717, 1.165) is 19.6 Å². The first kappa shape index (κ1) is 7.53. The Kier molecular flexibility index (Phi) is 1.87. The number of fused-ring (bicyclic) bond motifs is 1. The summed E-state index contributed by atoms with van der Waals surface area (Å²) in [4.78, 5) is 2.32. The Morgan fingerprint density at radius 1 is 1.45 bits per heavy atom. The van der Waals surface area contributed by atoms with Crippen molar-refractivity contribution in [2.45, 2.75) is 25.2 Å². The molecular weight excluding hydrogens is 140 g/mol. The van der Waals surface area contributed by atoms with Gasteiger partial charge in [-0.2, -0.15) is 0 Å². The smallest absolute Gasteiger partial charge is 0.0871 e. The molecule has 0 aromatic carbocycles. The van der Waals surface area contributed by atoms with Crippen LogP contribution in [-0.4, -0.2) is 49.8 Å². The fraction of sp³-hybridized carbons (Fsp3) is 1.00. The summed E-state index contributed by atoms with van der Waals surface area (Å²) in [7, 11) is 2.15. The van der Waals surface area contributed by atoms with Crippen LogP contribution in [0.5, 0.6) is 0 Å². The number of ether oxygens (including phenoxy) is 1. The number of nitrogens with one attached hydrogen (secondary N) is 1. The van der Waals surface area contributed by atoms with Crippen LogP contribution in [0.3, 0.4) is 0 Å². The summed E-state index contributed by atoms with van der Waals surface area (Å²) < 4.78 is 5.78. The molecule has 2 fully saturated rings. The molecule has 2 heterocycles. The van der Waals surface area contributed by atoms with Crippen LogP contribution >= 0.6 is 0 Å². The SMILES string of the molecule is CC1CNC2CN(C)C[C@H]2O1. The molecule has 1 N–H and O–H groups in total. The summed E-state index contributed by atoms with van der Waals surface area (Å²) in [6.07, 6.45) is 0.825.